The molecular formula is C27H38N4O5S. The molecule has 2 heterocycles. The van der Waals surface area contributed by atoms with Gasteiger partial charge in [0.2, 0.25) is 17.7 Å². The van der Waals surface area contributed by atoms with Crippen molar-refractivity contribution in [1.82, 2.24) is 20.4 Å². The molecule has 1 aromatic heterocycles. The Morgan fingerprint density at radius 3 is 2.51 bits per heavy atom. The van der Waals surface area contributed by atoms with Crippen LogP contribution < -0.4 is 10.6 Å². The number of thiophene rings is 1. The second kappa shape index (κ2) is 14.8. The highest BCUT2D eigenvalue weighted by Gasteiger charge is 2.35. The highest BCUT2D eigenvalue weighted by atomic mass is 32.1. The third kappa shape index (κ3) is 8.63. The smallest absolute Gasteiger partial charge is 0.249 e. The number of ether oxygens (including phenoxy) is 2. The maximum Gasteiger partial charge on any atom is 0.249 e. The lowest BCUT2D eigenvalue weighted by Crippen LogP contribution is -2.56. The van der Waals surface area contributed by atoms with Crippen LogP contribution >= 0.6 is 11.3 Å². The van der Waals surface area contributed by atoms with Crippen LogP contribution in [-0.2, 0) is 36.9 Å². The van der Waals surface area contributed by atoms with Crippen LogP contribution in [0.25, 0.3) is 0 Å². The molecule has 0 spiro atoms. The fourth-order valence-electron chi connectivity index (χ4n) is 4.25. The van der Waals surface area contributed by atoms with Gasteiger partial charge in [0.1, 0.15) is 18.7 Å². The van der Waals surface area contributed by atoms with Gasteiger partial charge in [-0.1, -0.05) is 36.4 Å². The number of carbonyl (C=O) groups excluding carboxylic acids is 3. The number of likely N-dealkylation sites (N-methyl/N-ethyl adjacent to an activating group) is 3. The van der Waals surface area contributed by atoms with Crippen molar-refractivity contribution in [3.05, 3.63) is 58.3 Å². The first-order valence-electron chi connectivity index (χ1n) is 12.6. The Morgan fingerprint density at radius 1 is 1.08 bits per heavy atom. The monoisotopic (exact) mass is 530 g/mol. The topological polar surface area (TPSA) is 100 Å². The summed E-state index contributed by atoms with van der Waals surface area (Å²) in [6.45, 7) is 1.57. The molecule has 9 nitrogen and oxygen atoms in total. The summed E-state index contributed by atoms with van der Waals surface area (Å²) in [5.74, 6) is -0.955. The Balaban J connectivity index is 1.69. The zero-order chi connectivity index (χ0) is 26.6. The summed E-state index contributed by atoms with van der Waals surface area (Å²) >= 11 is 1.53. The van der Waals surface area contributed by atoms with E-state index in [1.165, 1.54) is 21.1 Å². The van der Waals surface area contributed by atoms with Crippen LogP contribution in [0.4, 0.5) is 0 Å². The van der Waals surface area contributed by atoms with E-state index in [4.69, 9.17) is 9.47 Å². The lowest BCUT2D eigenvalue weighted by atomic mass is 10.1. The fraction of sp³-hybridized carbons (Fsp3) is 0.519. The second-order valence-corrected chi connectivity index (χ2v) is 10.2. The molecule has 3 atom stereocenters. The summed E-state index contributed by atoms with van der Waals surface area (Å²) in [5.41, 5.74) is 0.962. The van der Waals surface area contributed by atoms with Crippen LogP contribution in [0.3, 0.4) is 0 Å². The maximum absolute atomic E-state index is 13.7. The molecule has 1 aliphatic rings. The Bertz CT molecular complexity index is 982. The number of nitrogens with zero attached hydrogens (tertiary/aromatic N) is 2. The SMILES string of the molecule is CNC(=O)C(Cc1cccs1)N(C)C(=O)C(COCc1ccccc1)N(C)C(=O)COCC1CCCN1. The predicted molar refractivity (Wildman–Crippen MR) is 143 cm³/mol. The van der Waals surface area contributed by atoms with Crippen molar-refractivity contribution in [3.63, 3.8) is 0 Å². The fourth-order valence-corrected chi connectivity index (χ4v) is 5.00. The summed E-state index contributed by atoms with van der Waals surface area (Å²) in [4.78, 5) is 43.3. The number of benzene rings is 1. The molecule has 3 rings (SSSR count). The van der Waals surface area contributed by atoms with Crippen molar-refractivity contribution >= 4 is 29.1 Å². The summed E-state index contributed by atoms with van der Waals surface area (Å²) < 4.78 is 11.5. The van der Waals surface area contributed by atoms with Gasteiger partial charge in [-0.05, 0) is 36.4 Å². The van der Waals surface area contributed by atoms with E-state index in [-0.39, 0.29) is 37.0 Å². The van der Waals surface area contributed by atoms with Crippen LogP contribution in [0.2, 0.25) is 0 Å². The minimum Gasteiger partial charge on any atom is -0.374 e. The van der Waals surface area contributed by atoms with Crippen LogP contribution in [0, 0.1) is 0 Å². The molecule has 3 amide bonds. The molecule has 202 valence electrons. The van der Waals surface area contributed by atoms with Gasteiger partial charge >= 0.3 is 0 Å². The molecule has 0 saturated carbocycles. The number of carbonyl (C=O) groups is 3. The van der Waals surface area contributed by atoms with Crippen LogP contribution in [0.15, 0.2) is 47.8 Å². The normalized spacial score (nSPS) is 16.7. The lowest BCUT2D eigenvalue weighted by Gasteiger charge is -2.34. The first kappa shape index (κ1) is 28.8. The molecule has 2 N–H and O–H groups in total. The number of amides is 3. The van der Waals surface area contributed by atoms with Crippen molar-refractivity contribution in [1.29, 1.82) is 0 Å². The van der Waals surface area contributed by atoms with E-state index in [1.807, 2.05) is 47.8 Å². The number of hydrogen-bond donors (Lipinski definition) is 2. The van der Waals surface area contributed by atoms with E-state index in [2.05, 4.69) is 10.6 Å². The van der Waals surface area contributed by atoms with Crippen LogP contribution in [0.5, 0.6) is 0 Å². The van der Waals surface area contributed by atoms with Gasteiger partial charge in [-0.15, -0.1) is 11.3 Å². The second-order valence-electron chi connectivity index (χ2n) is 9.19. The molecule has 3 unspecified atom stereocenters. The Hall–Kier alpha value is -2.79. The summed E-state index contributed by atoms with van der Waals surface area (Å²) in [7, 11) is 4.73. The van der Waals surface area contributed by atoms with Gasteiger partial charge in [0, 0.05) is 38.5 Å². The maximum atomic E-state index is 13.7. The van der Waals surface area contributed by atoms with Gasteiger partial charge < -0.3 is 29.9 Å². The Morgan fingerprint density at radius 2 is 1.86 bits per heavy atom. The van der Waals surface area contributed by atoms with Crippen molar-refractivity contribution in [2.75, 3.05) is 47.5 Å². The van der Waals surface area contributed by atoms with E-state index in [0.717, 1.165) is 29.8 Å². The van der Waals surface area contributed by atoms with E-state index in [0.29, 0.717) is 19.6 Å². The van der Waals surface area contributed by atoms with Crippen molar-refractivity contribution in [3.8, 4) is 0 Å². The minimum absolute atomic E-state index is 0.00997. The Kier molecular flexibility index (Phi) is 11.5. The summed E-state index contributed by atoms with van der Waals surface area (Å²) in [6.07, 6.45) is 2.50. The van der Waals surface area contributed by atoms with Gasteiger partial charge in [-0.2, -0.15) is 0 Å². The molecule has 0 bridgehead atoms. The number of nitrogens with one attached hydrogen (secondary N) is 2. The van der Waals surface area contributed by atoms with E-state index in [1.54, 1.807) is 21.1 Å². The predicted octanol–water partition coefficient (Wildman–Crippen LogP) is 1.68. The van der Waals surface area contributed by atoms with E-state index < -0.39 is 12.1 Å². The van der Waals surface area contributed by atoms with E-state index in [9.17, 15) is 14.4 Å². The minimum atomic E-state index is -0.912. The first-order chi connectivity index (χ1) is 17.9. The molecule has 37 heavy (non-hydrogen) atoms. The van der Waals surface area contributed by atoms with Crippen LogP contribution in [0.1, 0.15) is 23.3 Å². The first-order valence-corrected chi connectivity index (χ1v) is 13.5. The number of rotatable bonds is 14. The average molecular weight is 531 g/mol. The molecule has 2 aromatic rings. The molecule has 10 heteroatoms. The van der Waals surface area contributed by atoms with Gasteiger partial charge in [0.15, 0.2) is 0 Å². The Labute approximate surface area is 223 Å². The molecule has 0 aliphatic carbocycles. The van der Waals surface area contributed by atoms with Crippen molar-refractivity contribution < 1.29 is 23.9 Å². The lowest BCUT2D eigenvalue weighted by molar-refractivity contribution is -0.151. The molecule has 1 aromatic carbocycles. The average Bonchev–Trinajstić information content (AvgIpc) is 3.63. The van der Waals surface area contributed by atoms with Gasteiger partial charge in [0.05, 0.1) is 19.8 Å². The quantitative estimate of drug-likeness (QED) is 0.386. The highest BCUT2D eigenvalue weighted by Crippen LogP contribution is 2.16. The van der Waals surface area contributed by atoms with Gasteiger partial charge in [-0.25, -0.2) is 0 Å². The highest BCUT2D eigenvalue weighted by molar-refractivity contribution is 7.09. The van der Waals surface area contributed by atoms with Gasteiger partial charge in [0.25, 0.3) is 0 Å². The molecule has 1 fully saturated rings. The summed E-state index contributed by atoms with van der Waals surface area (Å²) in [6, 6.07) is 12.1. The third-order valence-corrected chi connectivity index (χ3v) is 7.48. The molecular weight excluding hydrogens is 492 g/mol. The number of hydrogen-bond acceptors (Lipinski definition) is 7. The molecule has 1 saturated heterocycles. The zero-order valence-corrected chi connectivity index (χ0v) is 22.7. The standard InChI is InChI=1S/C27H38N4O5S/c1-28-26(33)23(15-22-12-8-14-37-22)31(3)27(34)24(18-35-16-20-9-5-4-6-10-20)30(2)25(32)19-36-17-21-11-7-13-29-21/h4-6,8-10,12,14,21,23-24,29H,7,11,13,15-19H2,1-3H3,(H,28,33). The van der Waals surface area contributed by atoms with Crippen molar-refractivity contribution in [2.24, 2.45) is 0 Å². The zero-order valence-electron chi connectivity index (χ0n) is 21.9. The van der Waals surface area contributed by atoms with Gasteiger partial charge in [-0.3, -0.25) is 14.4 Å². The molecule has 1 aliphatic heterocycles. The van der Waals surface area contributed by atoms with Crippen LogP contribution in [-0.4, -0.2) is 93.2 Å². The van der Waals surface area contributed by atoms with Crippen molar-refractivity contribution in [2.45, 2.75) is 44.0 Å². The largest absolute Gasteiger partial charge is 0.374 e. The van der Waals surface area contributed by atoms with E-state index >= 15 is 0 Å². The summed E-state index contributed by atoms with van der Waals surface area (Å²) in [5, 5.41) is 7.93. The third-order valence-electron chi connectivity index (χ3n) is 6.58. The molecule has 0 radical (unpaired) electrons.